The van der Waals surface area contributed by atoms with Gasteiger partial charge in [-0.3, -0.25) is 4.79 Å². The highest BCUT2D eigenvalue weighted by Crippen LogP contribution is 2.12. The van der Waals surface area contributed by atoms with Crippen molar-refractivity contribution in [3.8, 4) is 0 Å². The van der Waals surface area contributed by atoms with Gasteiger partial charge in [-0.2, -0.15) is 0 Å². The molecule has 0 aliphatic carbocycles. The van der Waals surface area contributed by atoms with Gasteiger partial charge in [-0.1, -0.05) is 6.58 Å². The lowest BCUT2D eigenvalue weighted by atomic mass is 9.99. The smallest absolute Gasteiger partial charge is 0.189 e. The number of hydrogen-bond donors (Lipinski definition) is 0. The van der Waals surface area contributed by atoms with Crippen molar-refractivity contribution in [1.82, 2.24) is 0 Å². The summed E-state index contributed by atoms with van der Waals surface area (Å²) in [5.74, 6) is -0.0463. The largest absolute Gasteiger partial charge is 0.371 e. The molecule has 0 aliphatic rings. The Morgan fingerprint density at radius 2 is 1.90 bits per heavy atom. The Bertz CT molecular complexity index is 157. The van der Waals surface area contributed by atoms with Crippen LogP contribution in [0.3, 0.4) is 0 Å². The van der Waals surface area contributed by atoms with Crippen LogP contribution in [0.5, 0.6) is 0 Å². The van der Waals surface area contributed by atoms with E-state index >= 15 is 0 Å². The van der Waals surface area contributed by atoms with Gasteiger partial charge in [0.05, 0.1) is 0 Å². The lowest BCUT2D eigenvalue weighted by Crippen LogP contribution is -2.34. The Hall–Kier alpha value is -0.630. The molecular weight excluding hydrogens is 128 g/mol. The van der Waals surface area contributed by atoms with Crippen molar-refractivity contribution in [3.05, 3.63) is 12.2 Å². The molecule has 0 amide bonds. The van der Waals surface area contributed by atoms with E-state index in [0.717, 1.165) is 0 Å². The zero-order chi connectivity index (χ0) is 8.36. The minimum absolute atomic E-state index is 0.0463. The molecular formula is C8H14O2. The number of carbonyl (C=O) groups excluding carboxylic acids is 1. The first-order chi connectivity index (χ1) is 4.41. The molecule has 0 aromatic heterocycles. The fourth-order valence-corrected chi connectivity index (χ4v) is 0.607. The molecule has 0 fully saturated rings. The third-order valence-corrected chi connectivity index (χ3v) is 1.44. The Kier molecular flexibility index (Phi) is 2.78. The van der Waals surface area contributed by atoms with Gasteiger partial charge < -0.3 is 4.74 Å². The van der Waals surface area contributed by atoms with Crippen LogP contribution in [0.4, 0.5) is 0 Å². The Balaban J connectivity index is 4.33. The van der Waals surface area contributed by atoms with E-state index in [0.29, 0.717) is 5.57 Å². The lowest BCUT2D eigenvalue weighted by molar-refractivity contribution is -0.132. The summed E-state index contributed by atoms with van der Waals surface area (Å²) in [6, 6.07) is 0. The molecule has 0 N–H and O–H groups in total. The third-order valence-electron chi connectivity index (χ3n) is 1.44. The minimum atomic E-state index is -0.716. The number of rotatable bonds is 3. The molecule has 0 aromatic carbocycles. The summed E-state index contributed by atoms with van der Waals surface area (Å²) in [6.45, 7) is 8.68. The van der Waals surface area contributed by atoms with Crippen LogP contribution in [0.15, 0.2) is 12.2 Å². The van der Waals surface area contributed by atoms with E-state index in [9.17, 15) is 4.79 Å². The number of carbonyl (C=O) groups is 1. The summed E-state index contributed by atoms with van der Waals surface area (Å²) in [6.07, 6.45) is 0. The first kappa shape index (κ1) is 9.37. The second-order valence-corrected chi connectivity index (χ2v) is 2.82. The predicted molar refractivity (Wildman–Crippen MR) is 40.9 cm³/mol. The fraction of sp³-hybridized carbons (Fsp3) is 0.625. The van der Waals surface area contributed by atoms with Gasteiger partial charge in [0.25, 0.3) is 0 Å². The Morgan fingerprint density at radius 1 is 1.50 bits per heavy atom. The maximum Gasteiger partial charge on any atom is 0.189 e. The van der Waals surface area contributed by atoms with Gasteiger partial charge in [-0.15, -0.1) is 0 Å². The molecule has 2 nitrogen and oxygen atoms in total. The van der Waals surface area contributed by atoms with Gasteiger partial charge in [0, 0.05) is 7.11 Å². The van der Waals surface area contributed by atoms with Crippen molar-refractivity contribution in [2.24, 2.45) is 0 Å². The van der Waals surface area contributed by atoms with Crippen LogP contribution < -0.4 is 0 Å². The van der Waals surface area contributed by atoms with Crippen molar-refractivity contribution < 1.29 is 9.53 Å². The fourth-order valence-electron chi connectivity index (χ4n) is 0.607. The minimum Gasteiger partial charge on any atom is -0.371 e. The molecule has 10 heavy (non-hydrogen) atoms. The van der Waals surface area contributed by atoms with Gasteiger partial charge in [0.2, 0.25) is 0 Å². The molecule has 0 unspecified atom stereocenters. The number of hydrogen-bond acceptors (Lipinski definition) is 2. The van der Waals surface area contributed by atoms with Gasteiger partial charge in [0.15, 0.2) is 5.78 Å². The molecule has 2 heteroatoms. The van der Waals surface area contributed by atoms with E-state index in [4.69, 9.17) is 4.74 Å². The van der Waals surface area contributed by atoms with Crippen LogP contribution in [0.1, 0.15) is 20.8 Å². The first-order valence-corrected chi connectivity index (χ1v) is 3.17. The molecule has 0 aliphatic heterocycles. The van der Waals surface area contributed by atoms with Crippen molar-refractivity contribution in [3.63, 3.8) is 0 Å². The van der Waals surface area contributed by atoms with Gasteiger partial charge in [0.1, 0.15) is 5.60 Å². The van der Waals surface area contributed by atoms with E-state index in [1.807, 2.05) is 0 Å². The van der Waals surface area contributed by atoms with E-state index in [1.54, 1.807) is 20.8 Å². The van der Waals surface area contributed by atoms with E-state index in [2.05, 4.69) is 6.58 Å². The predicted octanol–water partition coefficient (Wildman–Crippen LogP) is 1.56. The molecule has 0 radical (unpaired) electrons. The first-order valence-electron chi connectivity index (χ1n) is 3.17. The molecule has 0 heterocycles. The standard InChI is InChI=1S/C8H14O2/c1-6(2)7(9)8(3,4)10-5/h1H2,2-5H3. The summed E-state index contributed by atoms with van der Waals surface area (Å²) < 4.78 is 4.95. The second kappa shape index (κ2) is 2.97. The summed E-state index contributed by atoms with van der Waals surface area (Å²) in [4.78, 5) is 11.2. The molecule has 0 rings (SSSR count). The third kappa shape index (κ3) is 1.95. The van der Waals surface area contributed by atoms with Gasteiger partial charge in [-0.05, 0) is 26.3 Å². The maximum absolute atomic E-state index is 11.2. The van der Waals surface area contributed by atoms with Crippen molar-refractivity contribution >= 4 is 5.78 Å². The molecule has 0 saturated carbocycles. The average molecular weight is 142 g/mol. The van der Waals surface area contributed by atoms with Crippen molar-refractivity contribution in [2.75, 3.05) is 7.11 Å². The van der Waals surface area contributed by atoms with Crippen LogP contribution in [-0.2, 0) is 9.53 Å². The summed E-state index contributed by atoms with van der Waals surface area (Å²) in [5, 5.41) is 0. The topological polar surface area (TPSA) is 26.3 Å². The Morgan fingerprint density at radius 3 is 2.00 bits per heavy atom. The monoisotopic (exact) mass is 142 g/mol. The summed E-state index contributed by atoms with van der Waals surface area (Å²) in [5.41, 5.74) is -0.182. The van der Waals surface area contributed by atoms with E-state index < -0.39 is 5.60 Å². The van der Waals surface area contributed by atoms with Crippen LogP contribution in [-0.4, -0.2) is 18.5 Å². The molecule has 0 saturated heterocycles. The summed E-state index contributed by atoms with van der Waals surface area (Å²) >= 11 is 0. The Labute approximate surface area is 61.9 Å². The molecule has 0 atom stereocenters. The molecule has 0 aromatic rings. The van der Waals surface area contributed by atoms with Crippen LogP contribution >= 0.6 is 0 Å². The zero-order valence-electron chi connectivity index (χ0n) is 7.02. The van der Waals surface area contributed by atoms with Crippen molar-refractivity contribution in [1.29, 1.82) is 0 Å². The van der Waals surface area contributed by atoms with Crippen LogP contribution in [0.2, 0.25) is 0 Å². The van der Waals surface area contributed by atoms with Crippen molar-refractivity contribution in [2.45, 2.75) is 26.4 Å². The second-order valence-electron chi connectivity index (χ2n) is 2.82. The normalized spacial score (nSPS) is 11.2. The number of methoxy groups -OCH3 is 1. The highest BCUT2D eigenvalue weighted by Gasteiger charge is 2.26. The quantitative estimate of drug-likeness (QED) is 0.559. The molecule has 0 bridgehead atoms. The maximum atomic E-state index is 11.2. The number of Topliss-reactive ketones (excluding diaryl/α,β-unsaturated/α-hetero) is 1. The van der Waals surface area contributed by atoms with Gasteiger partial charge >= 0.3 is 0 Å². The number of ketones is 1. The molecule has 0 spiro atoms. The lowest BCUT2D eigenvalue weighted by Gasteiger charge is -2.20. The van der Waals surface area contributed by atoms with Crippen LogP contribution in [0.25, 0.3) is 0 Å². The summed E-state index contributed by atoms with van der Waals surface area (Å²) in [7, 11) is 1.51. The average Bonchev–Trinajstić information content (AvgIpc) is 1.86. The number of ether oxygens (including phenoxy) is 1. The SMILES string of the molecule is C=C(C)C(=O)C(C)(C)OC. The highest BCUT2D eigenvalue weighted by atomic mass is 16.5. The van der Waals surface area contributed by atoms with E-state index in [-0.39, 0.29) is 5.78 Å². The van der Waals surface area contributed by atoms with E-state index in [1.165, 1.54) is 7.11 Å². The van der Waals surface area contributed by atoms with Crippen LogP contribution in [0, 0.1) is 0 Å². The van der Waals surface area contributed by atoms with Gasteiger partial charge in [-0.25, -0.2) is 0 Å². The zero-order valence-corrected chi connectivity index (χ0v) is 7.02. The molecule has 58 valence electrons. The highest BCUT2D eigenvalue weighted by molar-refractivity contribution is 6.00.